The van der Waals surface area contributed by atoms with E-state index in [4.69, 9.17) is 18.0 Å². The van der Waals surface area contributed by atoms with Crippen LogP contribution in [0, 0.1) is 5.92 Å². The molecule has 4 nitrogen and oxygen atoms in total. The Morgan fingerprint density at radius 1 is 1.21 bits per heavy atom. The van der Waals surface area contributed by atoms with Crippen molar-refractivity contribution in [2.45, 2.75) is 57.4 Å². The van der Waals surface area contributed by atoms with Gasteiger partial charge >= 0.3 is 0 Å². The van der Waals surface area contributed by atoms with Crippen LogP contribution in [0.1, 0.15) is 51.9 Å². The van der Waals surface area contributed by atoms with Crippen LogP contribution in [-0.2, 0) is 10.0 Å². The molecule has 0 radical (unpaired) electrons. The normalized spacial score (nSPS) is 31.5. The lowest BCUT2D eigenvalue weighted by Crippen LogP contribution is -2.57. The van der Waals surface area contributed by atoms with Crippen LogP contribution in [-0.4, -0.2) is 35.5 Å². The van der Waals surface area contributed by atoms with Crippen molar-refractivity contribution >= 4 is 27.2 Å². The van der Waals surface area contributed by atoms with Gasteiger partial charge in [-0.25, -0.2) is 8.42 Å². The third-order valence-electron chi connectivity index (χ3n) is 4.43. The van der Waals surface area contributed by atoms with Crippen LogP contribution < -0.4 is 5.73 Å². The van der Waals surface area contributed by atoms with Crippen molar-refractivity contribution in [3.63, 3.8) is 0 Å². The van der Waals surface area contributed by atoms with Gasteiger partial charge in [0.15, 0.2) is 0 Å². The minimum Gasteiger partial charge on any atom is -0.392 e. The Balaban J connectivity index is 2.35. The van der Waals surface area contributed by atoms with Gasteiger partial charge in [0.25, 0.3) is 0 Å². The first kappa shape index (κ1) is 15.2. The molecule has 19 heavy (non-hydrogen) atoms. The topological polar surface area (TPSA) is 63.4 Å². The molecule has 1 aliphatic carbocycles. The minimum absolute atomic E-state index is 0.168. The second-order valence-electron chi connectivity index (χ2n) is 6.08. The predicted molar refractivity (Wildman–Crippen MR) is 81.5 cm³/mol. The first-order chi connectivity index (χ1) is 8.88. The van der Waals surface area contributed by atoms with E-state index in [1.54, 1.807) is 4.31 Å². The van der Waals surface area contributed by atoms with Gasteiger partial charge < -0.3 is 5.73 Å². The highest BCUT2D eigenvalue weighted by Gasteiger charge is 2.49. The van der Waals surface area contributed by atoms with Gasteiger partial charge in [0.05, 0.1) is 16.3 Å². The van der Waals surface area contributed by atoms with E-state index >= 15 is 0 Å². The largest absolute Gasteiger partial charge is 0.392 e. The molecule has 1 saturated heterocycles. The summed E-state index contributed by atoms with van der Waals surface area (Å²) in [4.78, 5) is 0.368. The Kier molecular flexibility index (Phi) is 4.52. The highest BCUT2D eigenvalue weighted by atomic mass is 32.2. The van der Waals surface area contributed by atoms with Gasteiger partial charge in [0.2, 0.25) is 10.0 Å². The van der Waals surface area contributed by atoms with Crippen LogP contribution >= 0.6 is 12.2 Å². The van der Waals surface area contributed by atoms with Crippen LogP contribution in [0.15, 0.2) is 0 Å². The molecule has 1 unspecified atom stereocenters. The summed E-state index contributed by atoms with van der Waals surface area (Å²) in [5.41, 5.74) is 5.40. The summed E-state index contributed by atoms with van der Waals surface area (Å²) in [5, 5.41) is 0. The Morgan fingerprint density at radius 3 is 2.16 bits per heavy atom. The number of nitrogens with zero attached hydrogens (tertiary/aromatic N) is 1. The highest BCUT2D eigenvalue weighted by Crippen LogP contribution is 2.37. The highest BCUT2D eigenvalue weighted by molar-refractivity contribution is 7.89. The van der Waals surface area contributed by atoms with E-state index in [1.165, 1.54) is 6.42 Å². The molecule has 6 heteroatoms. The van der Waals surface area contributed by atoms with Crippen molar-refractivity contribution in [1.82, 2.24) is 4.31 Å². The molecular weight excluding hydrogens is 280 g/mol. The number of hydrogen-bond donors (Lipinski definition) is 1. The molecule has 2 rings (SSSR count). The fourth-order valence-electron chi connectivity index (χ4n) is 3.45. The fraction of sp³-hybridized carbons (Fsp3) is 0.923. The van der Waals surface area contributed by atoms with E-state index in [1.807, 2.05) is 6.92 Å². The summed E-state index contributed by atoms with van der Waals surface area (Å²) in [6.45, 7) is 2.55. The molecule has 110 valence electrons. The van der Waals surface area contributed by atoms with Crippen LogP contribution in [0.25, 0.3) is 0 Å². The van der Waals surface area contributed by atoms with Crippen molar-refractivity contribution in [1.29, 1.82) is 0 Å². The van der Waals surface area contributed by atoms with Crippen molar-refractivity contribution in [2.24, 2.45) is 11.7 Å². The maximum absolute atomic E-state index is 12.4. The molecule has 0 aromatic rings. The first-order valence-electron chi connectivity index (χ1n) is 7.19. The van der Waals surface area contributed by atoms with Crippen LogP contribution in [0.4, 0.5) is 0 Å². The van der Waals surface area contributed by atoms with E-state index in [9.17, 15) is 8.42 Å². The molecule has 1 heterocycles. The molecule has 0 aromatic heterocycles. The summed E-state index contributed by atoms with van der Waals surface area (Å²) in [7, 11) is -3.20. The number of thiocarbonyl (C=S) groups is 1. The van der Waals surface area contributed by atoms with Crippen LogP contribution in [0.5, 0.6) is 0 Å². The fourth-order valence-corrected chi connectivity index (χ4v) is 6.12. The maximum atomic E-state index is 12.4. The lowest BCUT2D eigenvalue weighted by Gasteiger charge is -2.41. The Labute approximate surface area is 121 Å². The molecule has 1 saturated carbocycles. The van der Waals surface area contributed by atoms with Crippen LogP contribution in [0.3, 0.4) is 0 Å². The molecule has 0 bridgehead atoms. The second kappa shape index (κ2) is 5.66. The molecular formula is C13H24N2O2S2. The quantitative estimate of drug-likeness (QED) is 0.793. The van der Waals surface area contributed by atoms with Crippen molar-refractivity contribution in [3.8, 4) is 0 Å². The third-order valence-corrected chi connectivity index (χ3v) is 6.97. The van der Waals surface area contributed by atoms with Gasteiger partial charge in [-0.3, -0.25) is 0 Å². The maximum Gasteiger partial charge on any atom is 0.215 e. The molecule has 1 aliphatic heterocycles. The average molecular weight is 304 g/mol. The van der Waals surface area contributed by atoms with E-state index in [0.717, 1.165) is 38.5 Å². The second-order valence-corrected chi connectivity index (χ2v) is 8.46. The molecule has 2 fully saturated rings. The van der Waals surface area contributed by atoms with E-state index < -0.39 is 15.6 Å². The van der Waals surface area contributed by atoms with Crippen LogP contribution in [0.2, 0.25) is 0 Å². The summed E-state index contributed by atoms with van der Waals surface area (Å²) < 4.78 is 26.4. The zero-order valence-corrected chi connectivity index (χ0v) is 13.2. The smallest absolute Gasteiger partial charge is 0.215 e. The zero-order valence-electron chi connectivity index (χ0n) is 11.6. The van der Waals surface area contributed by atoms with E-state index in [2.05, 4.69) is 0 Å². The summed E-state index contributed by atoms with van der Waals surface area (Å²) >= 11 is 5.28. The number of hydrogen-bond acceptors (Lipinski definition) is 3. The standard InChI is InChI=1S/C13H24N2O2S2/c1-11-9-15(19(16,17)10-11)13(12(14)18)7-5-3-2-4-6-8-13/h11H,2-10H2,1H3,(H2,14,18). The average Bonchev–Trinajstić information content (AvgIpc) is 2.52. The van der Waals surface area contributed by atoms with Gasteiger partial charge in [0.1, 0.15) is 0 Å². The molecule has 2 aliphatic rings. The van der Waals surface area contributed by atoms with Gasteiger partial charge in [-0.1, -0.05) is 51.2 Å². The number of nitrogens with two attached hydrogens (primary N) is 1. The van der Waals surface area contributed by atoms with Gasteiger partial charge in [-0.2, -0.15) is 4.31 Å². The van der Waals surface area contributed by atoms with Gasteiger partial charge in [-0.05, 0) is 18.8 Å². The lowest BCUT2D eigenvalue weighted by atomic mass is 9.83. The van der Waals surface area contributed by atoms with E-state index in [0.29, 0.717) is 11.5 Å². The summed E-state index contributed by atoms with van der Waals surface area (Å²) in [5.74, 6) is 0.402. The number of rotatable bonds is 2. The van der Waals surface area contributed by atoms with Crippen molar-refractivity contribution < 1.29 is 8.42 Å². The van der Waals surface area contributed by atoms with Crippen molar-refractivity contribution in [2.75, 3.05) is 12.3 Å². The van der Waals surface area contributed by atoms with Gasteiger partial charge in [-0.15, -0.1) is 0 Å². The Bertz CT molecular complexity index is 440. The Hall–Kier alpha value is -0.200. The predicted octanol–water partition coefficient (Wildman–Crippen LogP) is 2.04. The van der Waals surface area contributed by atoms with E-state index in [-0.39, 0.29) is 11.7 Å². The lowest BCUT2D eigenvalue weighted by molar-refractivity contribution is 0.214. The first-order valence-corrected chi connectivity index (χ1v) is 9.21. The molecule has 2 N–H and O–H groups in total. The Morgan fingerprint density at radius 2 is 1.74 bits per heavy atom. The third kappa shape index (κ3) is 2.95. The summed E-state index contributed by atoms with van der Waals surface area (Å²) in [6.07, 6.45) is 7.12. The monoisotopic (exact) mass is 304 g/mol. The summed E-state index contributed by atoms with van der Waals surface area (Å²) in [6, 6.07) is 0. The van der Waals surface area contributed by atoms with Gasteiger partial charge in [0, 0.05) is 6.54 Å². The van der Waals surface area contributed by atoms with Crippen molar-refractivity contribution in [3.05, 3.63) is 0 Å². The molecule has 0 amide bonds. The molecule has 0 aromatic carbocycles. The number of sulfonamides is 1. The molecule has 0 spiro atoms. The zero-order chi connectivity index (χ0) is 14.1. The minimum atomic E-state index is -3.20. The SMILES string of the molecule is CC1CN(C2(C(N)=S)CCCCCCC2)S(=O)(=O)C1. The molecule has 1 atom stereocenters.